The minimum Gasteiger partial charge on any atom is -0.456 e. The fourth-order valence-electron chi connectivity index (χ4n) is 3.17. The summed E-state index contributed by atoms with van der Waals surface area (Å²) in [4.78, 5) is 0. The van der Waals surface area contributed by atoms with E-state index in [1.807, 2.05) is 18.2 Å². The molecule has 4 rings (SSSR count). The second kappa shape index (κ2) is 5.34. The lowest BCUT2D eigenvalue weighted by Crippen LogP contribution is -1.88. The molecule has 2 aromatic carbocycles. The molecule has 0 atom stereocenters. The summed E-state index contributed by atoms with van der Waals surface area (Å²) in [7, 11) is 0. The molecule has 1 aliphatic rings. The Morgan fingerprint density at radius 3 is 2.50 bits per heavy atom. The van der Waals surface area contributed by atoms with E-state index in [0.717, 1.165) is 29.9 Å². The van der Waals surface area contributed by atoms with Crippen LogP contribution in [-0.4, -0.2) is 0 Å². The van der Waals surface area contributed by atoms with Crippen molar-refractivity contribution in [3.8, 4) is 11.3 Å². The average molecular weight is 286 g/mol. The third-order valence-electron chi connectivity index (χ3n) is 4.35. The van der Waals surface area contributed by atoms with E-state index in [0.29, 0.717) is 0 Å². The van der Waals surface area contributed by atoms with Gasteiger partial charge in [-0.05, 0) is 46.9 Å². The maximum Gasteiger partial charge on any atom is 0.134 e. The van der Waals surface area contributed by atoms with Crippen LogP contribution in [0.15, 0.2) is 65.1 Å². The Balaban J connectivity index is 1.69. The van der Waals surface area contributed by atoms with Gasteiger partial charge in [0.1, 0.15) is 11.5 Å². The first-order valence-electron chi connectivity index (χ1n) is 7.82. The van der Waals surface area contributed by atoms with Gasteiger partial charge in [0, 0.05) is 12.0 Å². The van der Waals surface area contributed by atoms with Gasteiger partial charge in [-0.2, -0.15) is 0 Å². The maximum atomic E-state index is 6.09. The lowest BCUT2D eigenvalue weighted by atomic mass is 10.0. The summed E-state index contributed by atoms with van der Waals surface area (Å²) < 4.78 is 6.09. The predicted molar refractivity (Wildman–Crippen MR) is 91.5 cm³/mol. The number of hydrogen-bond acceptors (Lipinski definition) is 1. The second-order valence-electron chi connectivity index (χ2n) is 5.72. The van der Waals surface area contributed by atoms with Crippen molar-refractivity contribution in [3.63, 3.8) is 0 Å². The fourth-order valence-corrected chi connectivity index (χ4v) is 3.17. The van der Waals surface area contributed by atoms with E-state index < -0.39 is 0 Å². The van der Waals surface area contributed by atoms with Crippen LogP contribution >= 0.6 is 0 Å². The quantitative estimate of drug-likeness (QED) is 0.610. The number of allylic oxidation sites excluding steroid dienone is 1. The summed E-state index contributed by atoms with van der Waals surface area (Å²) in [5.41, 5.74) is 6.62. The molecule has 0 N–H and O–H groups in total. The largest absolute Gasteiger partial charge is 0.456 e. The first kappa shape index (κ1) is 13.1. The lowest BCUT2D eigenvalue weighted by Gasteiger charge is -2.03. The molecule has 3 aromatic rings. The zero-order valence-corrected chi connectivity index (χ0v) is 12.7. The third kappa shape index (κ3) is 2.19. The van der Waals surface area contributed by atoms with Crippen molar-refractivity contribution in [1.29, 1.82) is 0 Å². The van der Waals surface area contributed by atoms with E-state index in [-0.39, 0.29) is 0 Å². The summed E-state index contributed by atoms with van der Waals surface area (Å²) >= 11 is 0. The highest BCUT2D eigenvalue weighted by molar-refractivity contribution is 5.88. The molecule has 1 aliphatic carbocycles. The summed E-state index contributed by atoms with van der Waals surface area (Å²) in [5, 5.41) is 0. The van der Waals surface area contributed by atoms with Crippen LogP contribution in [-0.2, 0) is 12.8 Å². The molecule has 1 nitrogen and oxygen atoms in total. The summed E-state index contributed by atoms with van der Waals surface area (Å²) in [6.07, 6.45) is 4.33. The van der Waals surface area contributed by atoms with Crippen molar-refractivity contribution >= 4 is 11.6 Å². The molecule has 0 radical (unpaired) electrons. The van der Waals surface area contributed by atoms with Crippen LogP contribution < -0.4 is 0 Å². The minimum atomic E-state index is 0.933. The number of aryl methyl sites for hydroxylation is 1. The van der Waals surface area contributed by atoms with Crippen LogP contribution in [0.2, 0.25) is 0 Å². The molecule has 0 bridgehead atoms. The standard InChI is InChI=1S/C21H18O/c1-2-15-9-6-10-17-13-18(14-19(15)17)21-12-11-20(22-21)16-7-4-3-5-8-16/h3-12,14H,2,13H2,1H3. The predicted octanol–water partition coefficient (Wildman–Crippen LogP) is 5.61. The van der Waals surface area contributed by atoms with Gasteiger partial charge in [0.05, 0.1) is 0 Å². The number of benzene rings is 2. The van der Waals surface area contributed by atoms with Gasteiger partial charge in [0.2, 0.25) is 0 Å². The molecule has 0 amide bonds. The van der Waals surface area contributed by atoms with Crippen LogP contribution in [0.4, 0.5) is 0 Å². The lowest BCUT2D eigenvalue weighted by molar-refractivity contribution is 0.566. The van der Waals surface area contributed by atoms with Crippen LogP contribution in [0.3, 0.4) is 0 Å². The minimum absolute atomic E-state index is 0.933. The van der Waals surface area contributed by atoms with Crippen molar-refractivity contribution in [2.45, 2.75) is 19.8 Å². The molecule has 0 fully saturated rings. The number of hydrogen-bond donors (Lipinski definition) is 0. The smallest absolute Gasteiger partial charge is 0.134 e. The van der Waals surface area contributed by atoms with Crippen molar-refractivity contribution < 1.29 is 4.42 Å². The topological polar surface area (TPSA) is 13.1 Å². The van der Waals surface area contributed by atoms with E-state index in [9.17, 15) is 0 Å². The number of fused-ring (bicyclic) bond motifs is 1. The first-order valence-corrected chi connectivity index (χ1v) is 7.82. The van der Waals surface area contributed by atoms with Gasteiger partial charge in [-0.25, -0.2) is 0 Å². The molecule has 0 unspecified atom stereocenters. The van der Waals surface area contributed by atoms with Gasteiger partial charge < -0.3 is 4.42 Å². The molecule has 0 aliphatic heterocycles. The van der Waals surface area contributed by atoms with Crippen molar-refractivity contribution in [2.24, 2.45) is 0 Å². The molecule has 0 spiro atoms. The highest BCUT2D eigenvalue weighted by Crippen LogP contribution is 2.35. The van der Waals surface area contributed by atoms with Crippen molar-refractivity contribution in [1.82, 2.24) is 0 Å². The maximum absolute atomic E-state index is 6.09. The Morgan fingerprint density at radius 1 is 0.864 bits per heavy atom. The molecular weight excluding hydrogens is 268 g/mol. The van der Waals surface area contributed by atoms with Gasteiger partial charge in [0.15, 0.2) is 0 Å². The van der Waals surface area contributed by atoms with Crippen LogP contribution in [0, 0.1) is 0 Å². The number of furan rings is 1. The summed E-state index contributed by atoms with van der Waals surface area (Å²) in [6, 6.07) is 21.0. The van der Waals surface area contributed by atoms with E-state index in [2.05, 4.69) is 55.5 Å². The average Bonchev–Trinajstić information content (AvgIpc) is 3.21. The van der Waals surface area contributed by atoms with Gasteiger partial charge in [-0.3, -0.25) is 0 Å². The SMILES string of the molecule is CCc1cccc2c1C=C(c1ccc(-c3ccccc3)o1)C2. The molecule has 1 heteroatoms. The molecule has 1 heterocycles. The van der Waals surface area contributed by atoms with Crippen LogP contribution in [0.1, 0.15) is 29.4 Å². The molecular formula is C21H18O. The van der Waals surface area contributed by atoms with E-state index in [1.165, 1.54) is 22.3 Å². The Bertz CT molecular complexity index is 837. The van der Waals surface area contributed by atoms with E-state index in [4.69, 9.17) is 4.42 Å². The van der Waals surface area contributed by atoms with Crippen LogP contribution in [0.25, 0.3) is 23.0 Å². The Morgan fingerprint density at radius 2 is 1.68 bits per heavy atom. The zero-order valence-electron chi connectivity index (χ0n) is 12.7. The van der Waals surface area contributed by atoms with E-state index in [1.54, 1.807) is 0 Å². The van der Waals surface area contributed by atoms with Gasteiger partial charge in [-0.15, -0.1) is 0 Å². The zero-order chi connectivity index (χ0) is 14.9. The monoisotopic (exact) mass is 286 g/mol. The van der Waals surface area contributed by atoms with Gasteiger partial charge >= 0.3 is 0 Å². The summed E-state index contributed by atoms with van der Waals surface area (Å²) in [6.45, 7) is 2.21. The normalized spacial score (nSPS) is 13.0. The van der Waals surface area contributed by atoms with Crippen LogP contribution in [0.5, 0.6) is 0 Å². The Hall–Kier alpha value is -2.54. The third-order valence-corrected chi connectivity index (χ3v) is 4.35. The van der Waals surface area contributed by atoms with Crippen molar-refractivity contribution in [3.05, 3.63) is 83.1 Å². The first-order chi connectivity index (χ1) is 10.8. The second-order valence-corrected chi connectivity index (χ2v) is 5.72. The highest BCUT2D eigenvalue weighted by Gasteiger charge is 2.18. The molecule has 1 aromatic heterocycles. The van der Waals surface area contributed by atoms with E-state index >= 15 is 0 Å². The Labute approximate surface area is 130 Å². The fraction of sp³-hybridized carbons (Fsp3) is 0.143. The molecule has 22 heavy (non-hydrogen) atoms. The molecule has 0 saturated carbocycles. The highest BCUT2D eigenvalue weighted by atomic mass is 16.3. The van der Waals surface area contributed by atoms with Gasteiger partial charge in [0.25, 0.3) is 0 Å². The number of rotatable bonds is 3. The Kier molecular flexibility index (Phi) is 3.19. The summed E-state index contributed by atoms with van der Waals surface area (Å²) in [5.74, 6) is 1.92. The molecule has 0 saturated heterocycles. The van der Waals surface area contributed by atoms with Crippen molar-refractivity contribution in [2.75, 3.05) is 0 Å². The molecule has 108 valence electrons. The van der Waals surface area contributed by atoms with Gasteiger partial charge in [-0.1, -0.05) is 55.5 Å².